The molecule has 0 radical (unpaired) electrons. The molecule has 0 amide bonds. The Labute approximate surface area is 161 Å². The van der Waals surface area contributed by atoms with Crippen LogP contribution in [-0.4, -0.2) is 55.4 Å². The molecule has 1 saturated heterocycles. The van der Waals surface area contributed by atoms with Crippen molar-refractivity contribution in [2.24, 2.45) is 0 Å². The first-order valence-corrected chi connectivity index (χ1v) is 10.7. The van der Waals surface area contributed by atoms with Crippen LogP contribution in [0.2, 0.25) is 0 Å². The number of nitrogens with one attached hydrogen (secondary N) is 2. The van der Waals surface area contributed by atoms with Gasteiger partial charge in [0.15, 0.2) is 0 Å². The van der Waals surface area contributed by atoms with Crippen LogP contribution in [0.25, 0.3) is 0 Å². The summed E-state index contributed by atoms with van der Waals surface area (Å²) in [6.45, 7) is 3.49. The molecule has 6 nitrogen and oxygen atoms in total. The van der Waals surface area contributed by atoms with Gasteiger partial charge in [-0.15, -0.1) is 0 Å². The molecule has 1 atom stereocenters. The van der Waals surface area contributed by atoms with Crippen molar-refractivity contribution < 1.29 is 18.1 Å². The zero-order chi connectivity index (χ0) is 19.3. The molecule has 2 aromatic rings. The molecule has 2 aromatic carbocycles. The summed E-state index contributed by atoms with van der Waals surface area (Å²) in [7, 11) is 0.489. The number of ether oxygens (including phenoxy) is 1. The number of sulfonamides is 1. The first-order valence-electron chi connectivity index (χ1n) is 9.22. The van der Waals surface area contributed by atoms with E-state index in [1.165, 1.54) is 4.90 Å². The Morgan fingerprint density at radius 3 is 2.26 bits per heavy atom. The summed E-state index contributed by atoms with van der Waals surface area (Å²) in [5, 5.41) is 0. The van der Waals surface area contributed by atoms with Crippen molar-refractivity contribution in [2.45, 2.75) is 10.9 Å². The van der Waals surface area contributed by atoms with E-state index in [1.54, 1.807) is 24.3 Å². The number of rotatable bonds is 7. The normalized spacial score (nSPS) is 16.8. The third-order valence-electron chi connectivity index (χ3n) is 4.97. The largest absolute Gasteiger partial charge is 0.378 e. The number of morpholine rings is 1. The maximum absolute atomic E-state index is 12.6. The monoisotopic (exact) mass is 390 g/mol. The highest BCUT2D eigenvalue weighted by atomic mass is 32.2. The number of benzene rings is 2. The van der Waals surface area contributed by atoms with Gasteiger partial charge in [-0.25, -0.2) is 13.1 Å². The van der Waals surface area contributed by atoms with Crippen molar-refractivity contribution in [2.75, 3.05) is 51.8 Å². The lowest BCUT2D eigenvalue weighted by atomic mass is 10.0. The smallest absolute Gasteiger partial charge is 0.240 e. The van der Waals surface area contributed by atoms with Crippen molar-refractivity contribution in [3.63, 3.8) is 0 Å². The number of anilines is 1. The van der Waals surface area contributed by atoms with Gasteiger partial charge in [-0.1, -0.05) is 30.3 Å². The maximum Gasteiger partial charge on any atom is 0.240 e. The highest BCUT2D eigenvalue weighted by Crippen LogP contribution is 2.17. The molecule has 3 rings (SSSR count). The lowest BCUT2D eigenvalue weighted by molar-refractivity contribution is -0.937. The number of hydrogen-bond acceptors (Lipinski definition) is 4. The first kappa shape index (κ1) is 19.8. The van der Waals surface area contributed by atoms with Crippen LogP contribution < -0.4 is 14.5 Å². The number of hydrogen-bond donors (Lipinski definition) is 2. The Balaban J connectivity index is 1.80. The standard InChI is InChI=1S/C20H27N3O3S/c1-22(2)18-10-8-17(9-11-18)20(23-12-14-26-15-13-23)16-21-27(24,25)19-6-4-3-5-7-19/h3-11,20-21H,12-16H2,1-2H3/p+1/t20-/m0/s1. The molecule has 146 valence electrons. The maximum atomic E-state index is 12.6. The van der Waals surface area contributed by atoms with Gasteiger partial charge in [0, 0.05) is 25.3 Å². The van der Waals surface area contributed by atoms with E-state index in [0.29, 0.717) is 24.7 Å². The Kier molecular flexibility index (Phi) is 6.49. The summed E-state index contributed by atoms with van der Waals surface area (Å²) in [6.07, 6.45) is 0. The molecule has 0 saturated carbocycles. The first-order chi connectivity index (χ1) is 13.0. The topological polar surface area (TPSA) is 63.1 Å². The third kappa shape index (κ3) is 5.07. The molecule has 0 bridgehead atoms. The Morgan fingerprint density at radius 1 is 1.04 bits per heavy atom. The van der Waals surface area contributed by atoms with E-state index in [4.69, 9.17) is 4.74 Å². The molecule has 2 N–H and O–H groups in total. The van der Waals surface area contributed by atoms with Gasteiger partial charge < -0.3 is 14.5 Å². The Bertz CT molecular complexity index is 817. The minimum absolute atomic E-state index is 0.0450. The fraction of sp³-hybridized carbons (Fsp3) is 0.400. The second kappa shape index (κ2) is 8.84. The molecule has 0 aromatic heterocycles. The minimum atomic E-state index is -3.53. The minimum Gasteiger partial charge on any atom is -0.378 e. The molecular weight excluding hydrogens is 362 g/mol. The fourth-order valence-corrected chi connectivity index (χ4v) is 4.43. The number of quaternary nitrogens is 1. The SMILES string of the molecule is CN(C)c1ccc([C@H](CNS(=O)(=O)c2ccccc2)[NH+]2CCOCC2)cc1. The molecule has 0 aliphatic carbocycles. The summed E-state index contributed by atoms with van der Waals surface area (Å²) in [6, 6.07) is 16.9. The average molecular weight is 391 g/mol. The van der Waals surface area contributed by atoms with Crippen molar-refractivity contribution in [3.8, 4) is 0 Å². The van der Waals surface area contributed by atoms with E-state index in [9.17, 15) is 8.42 Å². The number of nitrogens with zero attached hydrogens (tertiary/aromatic N) is 1. The molecular formula is C20H28N3O3S+. The zero-order valence-electron chi connectivity index (χ0n) is 15.9. The van der Waals surface area contributed by atoms with Gasteiger partial charge >= 0.3 is 0 Å². The lowest BCUT2D eigenvalue weighted by Crippen LogP contribution is -3.15. The summed E-state index contributed by atoms with van der Waals surface area (Å²) in [5.41, 5.74) is 2.26. The van der Waals surface area contributed by atoms with E-state index in [2.05, 4.69) is 33.9 Å². The van der Waals surface area contributed by atoms with E-state index < -0.39 is 10.0 Å². The summed E-state index contributed by atoms with van der Waals surface area (Å²) < 4.78 is 33.6. The molecule has 0 spiro atoms. The molecule has 7 heteroatoms. The van der Waals surface area contributed by atoms with Crippen LogP contribution in [0.3, 0.4) is 0 Å². The van der Waals surface area contributed by atoms with Gasteiger partial charge in [-0.3, -0.25) is 0 Å². The van der Waals surface area contributed by atoms with Gasteiger partial charge in [0.25, 0.3) is 0 Å². The predicted molar refractivity (Wildman–Crippen MR) is 107 cm³/mol. The second-order valence-electron chi connectivity index (χ2n) is 6.97. The van der Waals surface area contributed by atoms with Crippen molar-refractivity contribution in [3.05, 3.63) is 60.2 Å². The van der Waals surface area contributed by atoms with E-state index >= 15 is 0 Å². The van der Waals surface area contributed by atoms with Gasteiger partial charge in [0.05, 0.1) is 24.7 Å². The van der Waals surface area contributed by atoms with Crippen LogP contribution in [0.1, 0.15) is 11.6 Å². The molecule has 1 aliphatic heterocycles. The van der Waals surface area contributed by atoms with E-state index in [0.717, 1.165) is 24.3 Å². The molecule has 1 fully saturated rings. The van der Waals surface area contributed by atoms with Crippen LogP contribution in [0.15, 0.2) is 59.5 Å². The quantitative estimate of drug-likeness (QED) is 0.730. The molecule has 1 aliphatic rings. The van der Waals surface area contributed by atoms with Gasteiger partial charge in [0.2, 0.25) is 10.0 Å². The molecule has 0 unspecified atom stereocenters. The highest BCUT2D eigenvalue weighted by molar-refractivity contribution is 7.89. The highest BCUT2D eigenvalue weighted by Gasteiger charge is 2.28. The Hall–Kier alpha value is -1.93. The second-order valence-corrected chi connectivity index (χ2v) is 8.74. The van der Waals surface area contributed by atoms with Crippen LogP contribution in [0.5, 0.6) is 0 Å². The van der Waals surface area contributed by atoms with Gasteiger partial charge in [-0.05, 0) is 24.3 Å². The molecule has 1 heterocycles. The Morgan fingerprint density at radius 2 is 1.67 bits per heavy atom. The zero-order valence-corrected chi connectivity index (χ0v) is 16.7. The van der Waals surface area contributed by atoms with Crippen molar-refractivity contribution in [1.82, 2.24) is 4.72 Å². The fourth-order valence-electron chi connectivity index (χ4n) is 3.36. The van der Waals surface area contributed by atoms with Crippen LogP contribution in [-0.2, 0) is 14.8 Å². The lowest BCUT2D eigenvalue weighted by Gasteiger charge is -2.32. The third-order valence-corrected chi connectivity index (χ3v) is 6.41. The van der Waals surface area contributed by atoms with Crippen LogP contribution in [0, 0.1) is 0 Å². The van der Waals surface area contributed by atoms with Crippen molar-refractivity contribution >= 4 is 15.7 Å². The van der Waals surface area contributed by atoms with E-state index in [-0.39, 0.29) is 6.04 Å². The van der Waals surface area contributed by atoms with Crippen LogP contribution in [0.4, 0.5) is 5.69 Å². The predicted octanol–water partition coefficient (Wildman–Crippen LogP) is 0.687. The average Bonchev–Trinajstić information content (AvgIpc) is 2.70. The summed E-state index contributed by atoms with van der Waals surface area (Å²) >= 11 is 0. The van der Waals surface area contributed by atoms with Crippen LogP contribution >= 0.6 is 0 Å². The summed E-state index contributed by atoms with van der Waals surface area (Å²) in [4.78, 5) is 3.69. The van der Waals surface area contributed by atoms with Gasteiger partial charge in [0.1, 0.15) is 19.1 Å². The summed E-state index contributed by atoms with van der Waals surface area (Å²) in [5.74, 6) is 0. The van der Waals surface area contributed by atoms with E-state index in [1.807, 2.05) is 20.2 Å². The van der Waals surface area contributed by atoms with Gasteiger partial charge in [-0.2, -0.15) is 0 Å². The molecule has 27 heavy (non-hydrogen) atoms. The van der Waals surface area contributed by atoms with Crippen molar-refractivity contribution in [1.29, 1.82) is 0 Å².